The number of ether oxygens (including phenoxy) is 1. The summed E-state index contributed by atoms with van der Waals surface area (Å²) in [4.78, 5) is 0. The van der Waals surface area contributed by atoms with Gasteiger partial charge >= 0.3 is 0 Å². The summed E-state index contributed by atoms with van der Waals surface area (Å²) in [6, 6.07) is 0. The van der Waals surface area contributed by atoms with Gasteiger partial charge in [0, 0.05) is 13.7 Å². The predicted octanol–water partition coefficient (Wildman–Crippen LogP) is -0.00200. The Morgan fingerprint density at radius 2 is 2.22 bits per heavy atom. The molecule has 0 amide bonds. The van der Waals surface area contributed by atoms with Crippen LogP contribution in [0.2, 0.25) is 0 Å². The largest absolute Gasteiger partial charge is 0.394 e. The molecule has 2 atom stereocenters. The van der Waals surface area contributed by atoms with Crippen molar-refractivity contribution < 1.29 is 18.3 Å². The quantitative estimate of drug-likeness (QED) is 0.573. The lowest BCUT2D eigenvalue weighted by Gasteiger charge is -2.38. The Balaban J connectivity index is 2.61. The van der Waals surface area contributed by atoms with E-state index in [0.717, 1.165) is 12.8 Å². The van der Waals surface area contributed by atoms with Crippen LogP contribution < -0.4 is 9.44 Å². The molecule has 0 aromatic rings. The molecule has 108 valence electrons. The molecule has 6 nitrogen and oxygen atoms in total. The lowest BCUT2D eigenvalue weighted by Crippen LogP contribution is -2.56. The van der Waals surface area contributed by atoms with Crippen molar-refractivity contribution in [1.82, 2.24) is 9.44 Å². The van der Waals surface area contributed by atoms with Crippen LogP contribution in [0.3, 0.4) is 0 Å². The molecule has 2 unspecified atom stereocenters. The van der Waals surface area contributed by atoms with Crippen molar-refractivity contribution in [2.24, 2.45) is 5.92 Å². The number of nitrogens with one attached hydrogen (secondary N) is 2. The van der Waals surface area contributed by atoms with Gasteiger partial charge in [-0.3, -0.25) is 0 Å². The Morgan fingerprint density at radius 3 is 2.78 bits per heavy atom. The second kappa shape index (κ2) is 6.81. The molecule has 0 bridgehead atoms. The van der Waals surface area contributed by atoms with Crippen LogP contribution in [0.5, 0.6) is 0 Å². The van der Waals surface area contributed by atoms with Crippen LogP contribution in [0.4, 0.5) is 0 Å². The third kappa shape index (κ3) is 4.81. The summed E-state index contributed by atoms with van der Waals surface area (Å²) >= 11 is 0. The zero-order valence-electron chi connectivity index (χ0n) is 11.1. The van der Waals surface area contributed by atoms with Gasteiger partial charge in [0.05, 0.1) is 18.8 Å². The van der Waals surface area contributed by atoms with Gasteiger partial charge in [-0.1, -0.05) is 19.8 Å². The maximum absolute atomic E-state index is 11.9. The molecule has 7 heteroatoms. The van der Waals surface area contributed by atoms with Gasteiger partial charge in [0.25, 0.3) is 10.2 Å². The van der Waals surface area contributed by atoms with Crippen LogP contribution >= 0.6 is 0 Å². The fraction of sp³-hybridized carbons (Fsp3) is 1.00. The second-order valence-electron chi connectivity index (χ2n) is 5.13. The van der Waals surface area contributed by atoms with Crippen molar-refractivity contribution in [3.63, 3.8) is 0 Å². The fourth-order valence-electron chi connectivity index (χ4n) is 2.53. The van der Waals surface area contributed by atoms with E-state index < -0.39 is 15.7 Å². The van der Waals surface area contributed by atoms with Crippen LogP contribution in [0, 0.1) is 5.92 Å². The van der Waals surface area contributed by atoms with E-state index in [1.807, 2.05) is 0 Å². The molecule has 0 saturated heterocycles. The molecule has 0 aliphatic heterocycles. The molecule has 3 N–H and O–H groups in total. The minimum Gasteiger partial charge on any atom is -0.394 e. The maximum Gasteiger partial charge on any atom is 0.277 e. The standard InChI is InChI=1S/C11H24N2O4S/c1-10-4-3-5-11(8-10,9-14)13-18(15,16)12-6-7-17-2/h10,12-14H,3-9H2,1-2H3. The molecule has 1 fully saturated rings. The monoisotopic (exact) mass is 280 g/mol. The number of aliphatic hydroxyl groups is 1. The highest BCUT2D eigenvalue weighted by Gasteiger charge is 2.37. The van der Waals surface area contributed by atoms with Gasteiger partial charge in [0.2, 0.25) is 0 Å². The summed E-state index contributed by atoms with van der Waals surface area (Å²) in [5, 5.41) is 9.51. The molecule has 0 aromatic heterocycles. The third-order valence-corrected chi connectivity index (χ3v) is 4.63. The van der Waals surface area contributed by atoms with Crippen LogP contribution in [-0.2, 0) is 14.9 Å². The molecule has 1 saturated carbocycles. The molecular formula is C11H24N2O4S. The van der Waals surface area contributed by atoms with Gasteiger partial charge in [-0.05, 0) is 18.8 Å². The van der Waals surface area contributed by atoms with E-state index in [0.29, 0.717) is 25.4 Å². The Morgan fingerprint density at radius 1 is 1.50 bits per heavy atom. The highest BCUT2D eigenvalue weighted by Crippen LogP contribution is 2.32. The number of hydrogen-bond acceptors (Lipinski definition) is 4. The molecule has 1 aliphatic carbocycles. The van der Waals surface area contributed by atoms with E-state index in [4.69, 9.17) is 4.74 Å². The van der Waals surface area contributed by atoms with E-state index in [1.54, 1.807) is 0 Å². The fourth-order valence-corrected chi connectivity index (χ4v) is 3.77. The van der Waals surface area contributed by atoms with Crippen LogP contribution in [0.15, 0.2) is 0 Å². The van der Waals surface area contributed by atoms with Crippen LogP contribution in [-0.4, -0.2) is 45.9 Å². The number of methoxy groups -OCH3 is 1. The maximum atomic E-state index is 11.9. The summed E-state index contributed by atoms with van der Waals surface area (Å²) in [6.07, 6.45) is 3.37. The highest BCUT2D eigenvalue weighted by molar-refractivity contribution is 7.87. The smallest absolute Gasteiger partial charge is 0.277 e. The van der Waals surface area contributed by atoms with Gasteiger partial charge in [-0.2, -0.15) is 17.9 Å². The van der Waals surface area contributed by atoms with Crippen LogP contribution in [0.1, 0.15) is 32.6 Å². The molecule has 0 heterocycles. The average molecular weight is 280 g/mol. The zero-order valence-corrected chi connectivity index (χ0v) is 11.9. The topological polar surface area (TPSA) is 87.7 Å². The van der Waals surface area contributed by atoms with Crippen molar-refractivity contribution in [3.8, 4) is 0 Å². The molecule has 1 rings (SSSR count). The molecule has 18 heavy (non-hydrogen) atoms. The Labute approximate surface area is 109 Å². The number of rotatable bonds is 7. The van der Waals surface area contributed by atoms with Crippen molar-refractivity contribution >= 4 is 10.2 Å². The minimum absolute atomic E-state index is 0.164. The minimum atomic E-state index is -3.59. The first-order chi connectivity index (χ1) is 8.43. The molecule has 0 radical (unpaired) electrons. The summed E-state index contributed by atoms with van der Waals surface area (Å²) in [7, 11) is -2.07. The van der Waals surface area contributed by atoms with E-state index in [9.17, 15) is 13.5 Å². The predicted molar refractivity (Wildman–Crippen MR) is 69.4 cm³/mol. The zero-order chi connectivity index (χ0) is 13.6. The second-order valence-corrected chi connectivity index (χ2v) is 6.63. The van der Waals surface area contributed by atoms with E-state index >= 15 is 0 Å². The Bertz CT molecular complexity index is 347. The molecule has 1 aliphatic rings. The summed E-state index contributed by atoms with van der Waals surface area (Å²) < 4.78 is 33.5. The van der Waals surface area contributed by atoms with E-state index in [-0.39, 0.29) is 13.2 Å². The van der Waals surface area contributed by atoms with Crippen molar-refractivity contribution in [1.29, 1.82) is 0 Å². The molecular weight excluding hydrogens is 256 g/mol. The van der Waals surface area contributed by atoms with Crippen LogP contribution in [0.25, 0.3) is 0 Å². The molecule has 0 spiro atoms. The lowest BCUT2D eigenvalue weighted by molar-refractivity contribution is 0.119. The van der Waals surface area contributed by atoms with Crippen molar-refractivity contribution in [2.45, 2.75) is 38.1 Å². The molecule has 0 aromatic carbocycles. The first-order valence-corrected chi connectivity index (χ1v) is 7.80. The highest BCUT2D eigenvalue weighted by atomic mass is 32.2. The first kappa shape index (κ1) is 15.8. The summed E-state index contributed by atoms with van der Waals surface area (Å²) in [5.74, 6) is 0.424. The van der Waals surface area contributed by atoms with Gasteiger partial charge < -0.3 is 9.84 Å². The average Bonchev–Trinajstić information content (AvgIpc) is 2.28. The first-order valence-electron chi connectivity index (χ1n) is 6.31. The SMILES string of the molecule is COCCNS(=O)(=O)NC1(CO)CCCC(C)C1. The van der Waals surface area contributed by atoms with E-state index in [1.165, 1.54) is 7.11 Å². The summed E-state index contributed by atoms with van der Waals surface area (Å²) in [5.41, 5.74) is -0.712. The Kier molecular flexibility index (Phi) is 6.00. The number of hydrogen-bond donors (Lipinski definition) is 3. The third-order valence-electron chi connectivity index (χ3n) is 3.34. The van der Waals surface area contributed by atoms with Gasteiger partial charge in [-0.15, -0.1) is 0 Å². The lowest BCUT2D eigenvalue weighted by atomic mass is 9.78. The van der Waals surface area contributed by atoms with Gasteiger partial charge in [0.1, 0.15) is 0 Å². The summed E-state index contributed by atoms with van der Waals surface area (Å²) in [6.45, 7) is 2.46. The Hall–Kier alpha value is -0.210. The van der Waals surface area contributed by atoms with Gasteiger partial charge in [0.15, 0.2) is 0 Å². The van der Waals surface area contributed by atoms with Crippen molar-refractivity contribution in [2.75, 3.05) is 26.9 Å². The van der Waals surface area contributed by atoms with Gasteiger partial charge in [-0.25, -0.2) is 0 Å². The van der Waals surface area contributed by atoms with Crippen molar-refractivity contribution in [3.05, 3.63) is 0 Å². The number of aliphatic hydroxyl groups excluding tert-OH is 1. The normalized spacial score (nSPS) is 29.4. The van der Waals surface area contributed by atoms with E-state index in [2.05, 4.69) is 16.4 Å².